The molecule has 3 nitrogen and oxygen atoms in total. The summed E-state index contributed by atoms with van der Waals surface area (Å²) in [6.07, 6.45) is 4.66. The van der Waals surface area contributed by atoms with Crippen molar-refractivity contribution < 1.29 is 14.3 Å². The maximum Gasteiger partial charge on any atom is 0.161 e. The molecular formula is C17H24O3. The van der Waals surface area contributed by atoms with Crippen molar-refractivity contribution >= 4 is 5.78 Å². The van der Waals surface area contributed by atoms with Gasteiger partial charge in [0.15, 0.2) is 11.5 Å². The largest absolute Gasteiger partial charge is 0.490 e. The second kappa shape index (κ2) is 7.32. The summed E-state index contributed by atoms with van der Waals surface area (Å²) in [5.74, 6) is 2.31. The Hall–Kier alpha value is -1.51. The molecule has 0 saturated heterocycles. The third-order valence-corrected chi connectivity index (χ3v) is 3.77. The van der Waals surface area contributed by atoms with Gasteiger partial charge in [-0.25, -0.2) is 0 Å². The van der Waals surface area contributed by atoms with Gasteiger partial charge < -0.3 is 9.47 Å². The predicted octanol–water partition coefficient (Wildman–Crippen LogP) is 4.10. The molecule has 1 fully saturated rings. The van der Waals surface area contributed by atoms with Crippen molar-refractivity contribution in [2.45, 2.75) is 51.9 Å². The maximum atomic E-state index is 11.8. The standard InChI is InChI=1S/C17H24O3/c1-3-19-16-10-9-14(12-17(16)20-4-2)13-7-5-6-8-15(18)11-13/h9-10,12-13H,3-8,11H2,1-2H3. The number of benzene rings is 1. The molecule has 1 atom stereocenters. The molecule has 0 amide bonds. The van der Waals surface area contributed by atoms with Crippen molar-refractivity contribution in [1.82, 2.24) is 0 Å². The zero-order valence-corrected chi connectivity index (χ0v) is 12.5. The molecule has 0 heterocycles. The summed E-state index contributed by atoms with van der Waals surface area (Å²) in [6.45, 7) is 5.18. The molecule has 0 radical (unpaired) electrons. The molecule has 1 saturated carbocycles. The lowest BCUT2D eigenvalue weighted by Crippen LogP contribution is -2.05. The van der Waals surface area contributed by atoms with Crippen molar-refractivity contribution in [3.8, 4) is 11.5 Å². The van der Waals surface area contributed by atoms with Crippen molar-refractivity contribution in [3.05, 3.63) is 23.8 Å². The number of ketones is 1. The topological polar surface area (TPSA) is 35.5 Å². The molecule has 0 bridgehead atoms. The van der Waals surface area contributed by atoms with Crippen LogP contribution in [0.25, 0.3) is 0 Å². The molecule has 0 aromatic heterocycles. The second-order valence-electron chi connectivity index (χ2n) is 5.26. The molecule has 110 valence electrons. The fourth-order valence-electron chi connectivity index (χ4n) is 2.80. The first kappa shape index (κ1) is 14.9. The SMILES string of the molecule is CCOc1ccc(C2CCCCC(=O)C2)cc1OCC. The van der Waals surface area contributed by atoms with E-state index in [1.54, 1.807) is 0 Å². The summed E-state index contributed by atoms with van der Waals surface area (Å²) >= 11 is 0. The first-order valence-electron chi connectivity index (χ1n) is 7.65. The molecule has 1 unspecified atom stereocenters. The highest BCUT2D eigenvalue weighted by atomic mass is 16.5. The number of Topliss-reactive ketones (excluding diaryl/α,β-unsaturated/α-hetero) is 1. The van der Waals surface area contributed by atoms with Crippen LogP contribution in [0.4, 0.5) is 0 Å². The van der Waals surface area contributed by atoms with Gasteiger partial charge in [0.2, 0.25) is 0 Å². The van der Waals surface area contributed by atoms with Crippen LogP contribution in [0, 0.1) is 0 Å². The Balaban J connectivity index is 2.22. The van der Waals surface area contributed by atoms with E-state index in [1.165, 1.54) is 5.56 Å². The van der Waals surface area contributed by atoms with Crippen LogP contribution in [-0.4, -0.2) is 19.0 Å². The highest BCUT2D eigenvalue weighted by molar-refractivity contribution is 5.79. The van der Waals surface area contributed by atoms with Gasteiger partial charge >= 0.3 is 0 Å². The summed E-state index contributed by atoms with van der Waals surface area (Å²) in [5.41, 5.74) is 1.20. The second-order valence-corrected chi connectivity index (χ2v) is 5.26. The predicted molar refractivity (Wildman–Crippen MR) is 79.6 cm³/mol. The Bertz CT molecular complexity index is 454. The van der Waals surface area contributed by atoms with Crippen LogP contribution in [0.5, 0.6) is 11.5 Å². The average molecular weight is 276 g/mol. The van der Waals surface area contributed by atoms with Crippen molar-refractivity contribution in [2.75, 3.05) is 13.2 Å². The number of carbonyl (C=O) groups is 1. The van der Waals surface area contributed by atoms with Crippen LogP contribution in [0.3, 0.4) is 0 Å². The van der Waals surface area contributed by atoms with E-state index >= 15 is 0 Å². The molecule has 1 aromatic rings. The van der Waals surface area contributed by atoms with E-state index in [0.29, 0.717) is 31.3 Å². The maximum absolute atomic E-state index is 11.8. The number of carbonyl (C=O) groups excluding carboxylic acids is 1. The van der Waals surface area contributed by atoms with Gasteiger partial charge in [-0.3, -0.25) is 4.79 Å². The Morgan fingerprint density at radius 2 is 1.85 bits per heavy atom. The van der Waals surface area contributed by atoms with Crippen molar-refractivity contribution in [3.63, 3.8) is 0 Å². The molecule has 0 spiro atoms. The van der Waals surface area contributed by atoms with E-state index in [-0.39, 0.29) is 0 Å². The molecule has 3 heteroatoms. The van der Waals surface area contributed by atoms with Gasteiger partial charge in [0.1, 0.15) is 5.78 Å². The Morgan fingerprint density at radius 3 is 2.60 bits per heavy atom. The first-order valence-corrected chi connectivity index (χ1v) is 7.65. The van der Waals surface area contributed by atoms with E-state index in [0.717, 1.165) is 37.2 Å². The van der Waals surface area contributed by atoms with E-state index < -0.39 is 0 Å². The number of hydrogen-bond donors (Lipinski definition) is 0. The zero-order valence-electron chi connectivity index (χ0n) is 12.5. The van der Waals surface area contributed by atoms with Gasteiger partial charge in [0.05, 0.1) is 13.2 Å². The lowest BCUT2D eigenvalue weighted by molar-refractivity contribution is -0.119. The molecule has 2 rings (SSSR count). The summed E-state index contributed by atoms with van der Waals surface area (Å²) in [7, 11) is 0. The summed E-state index contributed by atoms with van der Waals surface area (Å²) in [4.78, 5) is 11.8. The van der Waals surface area contributed by atoms with E-state index in [2.05, 4.69) is 12.1 Å². The van der Waals surface area contributed by atoms with Gasteiger partial charge in [-0.1, -0.05) is 12.5 Å². The molecule has 0 N–H and O–H groups in total. The lowest BCUT2D eigenvalue weighted by atomic mass is 9.91. The van der Waals surface area contributed by atoms with E-state index in [1.807, 2.05) is 19.9 Å². The molecule has 1 aliphatic rings. The van der Waals surface area contributed by atoms with Gasteiger partial charge in [-0.15, -0.1) is 0 Å². The molecular weight excluding hydrogens is 252 g/mol. The Kier molecular flexibility index (Phi) is 5.45. The lowest BCUT2D eigenvalue weighted by Gasteiger charge is -2.17. The third kappa shape index (κ3) is 3.75. The van der Waals surface area contributed by atoms with Crippen LogP contribution >= 0.6 is 0 Å². The third-order valence-electron chi connectivity index (χ3n) is 3.77. The van der Waals surface area contributed by atoms with Crippen LogP contribution in [-0.2, 0) is 4.79 Å². The quantitative estimate of drug-likeness (QED) is 0.759. The van der Waals surface area contributed by atoms with Crippen molar-refractivity contribution in [2.24, 2.45) is 0 Å². The van der Waals surface area contributed by atoms with E-state index in [4.69, 9.17) is 9.47 Å². The van der Waals surface area contributed by atoms with Gasteiger partial charge in [0.25, 0.3) is 0 Å². The number of ether oxygens (including phenoxy) is 2. The highest BCUT2D eigenvalue weighted by Gasteiger charge is 2.20. The summed E-state index contributed by atoms with van der Waals surface area (Å²) in [6, 6.07) is 6.10. The highest BCUT2D eigenvalue weighted by Crippen LogP contribution is 2.36. The fourth-order valence-corrected chi connectivity index (χ4v) is 2.80. The normalized spacial score (nSPS) is 19.5. The van der Waals surface area contributed by atoms with Gasteiger partial charge in [-0.2, -0.15) is 0 Å². The van der Waals surface area contributed by atoms with Crippen LogP contribution in [0.1, 0.15) is 57.4 Å². The first-order chi connectivity index (χ1) is 9.74. The zero-order chi connectivity index (χ0) is 14.4. The average Bonchev–Trinajstić information content (AvgIpc) is 2.66. The smallest absolute Gasteiger partial charge is 0.161 e. The molecule has 0 aliphatic heterocycles. The Labute approximate surface area is 121 Å². The summed E-state index contributed by atoms with van der Waals surface area (Å²) < 4.78 is 11.3. The minimum atomic E-state index is 0.333. The van der Waals surface area contributed by atoms with Gasteiger partial charge in [-0.05, 0) is 50.3 Å². The van der Waals surface area contributed by atoms with Crippen molar-refractivity contribution in [1.29, 1.82) is 0 Å². The van der Waals surface area contributed by atoms with Crippen LogP contribution < -0.4 is 9.47 Å². The number of hydrogen-bond acceptors (Lipinski definition) is 3. The minimum Gasteiger partial charge on any atom is -0.490 e. The Morgan fingerprint density at radius 1 is 1.10 bits per heavy atom. The fraction of sp³-hybridized carbons (Fsp3) is 0.588. The number of rotatable bonds is 5. The molecule has 20 heavy (non-hydrogen) atoms. The summed E-state index contributed by atoms with van der Waals surface area (Å²) in [5, 5.41) is 0. The van der Waals surface area contributed by atoms with Crippen LogP contribution in [0.2, 0.25) is 0 Å². The molecule has 1 aliphatic carbocycles. The monoisotopic (exact) mass is 276 g/mol. The van der Waals surface area contributed by atoms with Gasteiger partial charge in [0, 0.05) is 12.8 Å². The van der Waals surface area contributed by atoms with Crippen LogP contribution in [0.15, 0.2) is 18.2 Å². The minimum absolute atomic E-state index is 0.333. The molecule has 1 aromatic carbocycles. The van der Waals surface area contributed by atoms with E-state index in [9.17, 15) is 4.79 Å².